The molecule has 0 saturated carbocycles. The van der Waals surface area contributed by atoms with Gasteiger partial charge in [-0.1, -0.05) is 11.6 Å². The second-order valence-electron chi connectivity index (χ2n) is 5.75. The van der Waals surface area contributed by atoms with Gasteiger partial charge in [0.15, 0.2) is 11.9 Å². The molecule has 6 nitrogen and oxygen atoms in total. The maximum absolute atomic E-state index is 12.4. The third kappa shape index (κ3) is 2.51. The summed E-state index contributed by atoms with van der Waals surface area (Å²) in [6, 6.07) is 5.12. The zero-order chi connectivity index (χ0) is 16.7. The van der Waals surface area contributed by atoms with Gasteiger partial charge in [-0.3, -0.25) is 24.3 Å². The molecule has 1 N–H and O–H groups in total. The molecule has 2 heterocycles. The van der Waals surface area contributed by atoms with Crippen LogP contribution in [0.1, 0.15) is 39.6 Å². The molecule has 1 aromatic carbocycles. The number of Topliss-reactive ketones (excluding diaryl/α,β-unsaturated/α-hetero) is 1. The Hall–Kier alpha value is -2.60. The van der Waals surface area contributed by atoms with Gasteiger partial charge in [-0.05, 0) is 32.4 Å². The zero-order valence-corrected chi connectivity index (χ0v) is 12.9. The minimum absolute atomic E-state index is 0.0876. The van der Waals surface area contributed by atoms with E-state index in [4.69, 9.17) is 0 Å². The Balaban J connectivity index is 1.77. The summed E-state index contributed by atoms with van der Waals surface area (Å²) in [4.78, 5) is 41.8. The Kier molecular flexibility index (Phi) is 3.69. The lowest BCUT2D eigenvalue weighted by atomic mass is 9.99. The van der Waals surface area contributed by atoms with Crippen LogP contribution >= 0.6 is 0 Å². The number of benzene rings is 1. The van der Waals surface area contributed by atoms with Crippen molar-refractivity contribution >= 4 is 23.3 Å². The van der Waals surface area contributed by atoms with Gasteiger partial charge in [0.05, 0.1) is 16.8 Å². The molecule has 0 aliphatic carbocycles. The second kappa shape index (κ2) is 5.55. The molecule has 2 amide bonds. The summed E-state index contributed by atoms with van der Waals surface area (Å²) < 4.78 is 0. The summed E-state index contributed by atoms with van der Waals surface area (Å²) in [6.45, 7) is 3.51. The zero-order valence-electron chi connectivity index (χ0n) is 12.9. The van der Waals surface area contributed by atoms with Crippen molar-refractivity contribution in [2.75, 3.05) is 6.54 Å². The minimum atomic E-state index is -1.24. The van der Waals surface area contributed by atoms with E-state index in [1.807, 2.05) is 6.92 Å². The Morgan fingerprint density at radius 2 is 1.83 bits per heavy atom. The lowest BCUT2D eigenvalue weighted by Crippen LogP contribution is -2.35. The number of aliphatic hydroxyl groups is 1. The van der Waals surface area contributed by atoms with Gasteiger partial charge >= 0.3 is 0 Å². The molecule has 118 valence electrons. The van der Waals surface area contributed by atoms with Gasteiger partial charge in [0.25, 0.3) is 11.8 Å². The summed E-state index contributed by atoms with van der Waals surface area (Å²) in [5.41, 5.74) is 2.35. The van der Waals surface area contributed by atoms with E-state index in [1.165, 1.54) is 6.20 Å². The molecule has 0 spiro atoms. The number of aryl methyl sites for hydroxylation is 1. The lowest BCUT2D eigenvalue weighted by Gasteiger charge is -2.18. The number of fused-ring (bicyclic) bond motifs is 1. The average molecular weight is 312 g/mol. The highest BCUT2D eigenvalue weighted by molar-refractivity contribution is 6.21. The predicted octanol–water partition coefficient (Wildman–Crippen LogP) is 1.27. The Bertz CT molecular complexity index is 792. The molecule has 1 aromatic rings. The molecular weight excluding hydrogens is 296 g/mol. The summed E-state index contributed by atoms with van der Waals surface area (Å²) in [5.74, 6) is -1.13. The van der Waals surface area contributed by atoms with Gasteiger partial charge < -0.3 is 5.11 Å². The van der Waals surface area contributed by atoms with Gasteiger partial charge in [0, 0.05) is 18.3 Å². The van der Waals surface area contributed by atoms with Gasteiger partial charge in [-0.15, -0.1) is 0 Å². The fourth-order valence-corrected chi connectivity index (χ4v) is 2.71. The normalized spacial score (nSPS) is 20.6. The van der Waals surface area contributed by atoms with E-state index >= 15 is 0 Å². The molecule has 6 heteroatoms. The van der Waals surface area contributed by atoms with E-state index in [1.54, 1.807) is 25.1 Å². The van der Waals surface area contributed by atoms with Crippen molar-refractivity contribution in [3.63, 3.8) is 0 Å². The molecule has 23 heavy (non-hydrogen) atoms. The Labute approximate surface area is 133 Å². The number of aliphatic hydroxyl groups excluding tert-OH is 1. The molecule has 1 atom stereocenters. The number of imide groups is 1. The number of hydrogen-bond acceptors (Lipinski definition) is 5. The van der Waals surface area contributed by atoms with Crippen LogP contribution < -0.4 is 0 Å². The first-order chi connectivity index (χ1) is 10.9. The van der Waals surface area contributed by atoms with Crippen molar-refractivity contribution in [1.82, 2.24) is 4.90 Å². The summed E-state index contributed by atoms with van der Waals surface area (Å²) in [5, 5.41) is 9.72. The van der Waals surface area contributed by atoms with Crippen molar-refractivity contribution < 1.29 is 19.5 Å². The van der Waals surface area contributed by atoms with Crippen LogP contribution in [0, 0.1) is 6.92 Å². The average Bonchev–Trinajstić information content (AvgIpc) is 2.76. The van der Waals surface area contributed by atoms with Crippen LogP contribution in [-0.2, 0) is 4.79 Å². The smallest absolute Gasteiger partial charge is 0.261 e. The van der Waals surface area contributed by atoms with Crippen LogP contribution in [0.2, 0.25) is 0 Å². The van der Waals surface area contributed by atoms with Crippen molar-refractivity contribution in [3.05, 3.63) is 46.7 Å². The fourth-order valence-electron chi connectivity index (χ4n) is 2.71. The van der Waals surface area contributed by atoms with E-state index in [9.17, 15) is 19.5 Å². The van der Waals surface area contributed by atoms with Crippen molar-refractivity contribution in [3.8, 4) is 0 Å². The molecule has 0 bridgehead atoms. The number of ketones is 1. The van der Waals surface area contributed by atoms with Crippen LogP contribution in [-0.4, -0.2) is 46.0 Å². The van der Waals surface area contributed by atoms with Crippen LogP contribution in [0.3, 0.4) is 0 Å². The Morgan fingerprint density at radius 1 is 1.13 bits per heavy atom. The summed E-state index contributed by atoms with van der Waals surface area (Å²) in [6.07, 6.45) is 0.337. The monoisotopic (exact) mass is 312 g/mol. The van der Waals surface area contributed by atoms with Crippen LogP contribution in [0.5, 0.6) is 0 Å². The molecule has 2 aliphatic heterocycles. The van der Waals surface area contributed by atoms with E-state index in [0.29, 0.717) is 22.4 Å². The number of amides is 2. The quantitative estimate of drug-likeness (QED) is 0.852. The highest BCUT2D eigenvalue weighted by Gasteiger charge is 2.36. The van der Waals surface area contributed by atoms with Gasteiger partial charge in [0.2, 0.25) is 0 Å². The number of carbonyl (C=O) groups excluding carboxylic acids is 3. The van der Waals surface area contributed by atoms with E-state index in [2.05, 4.69) is 4.99 Å². The lowest BCUT2D eigenvalue weighted by molar-refractivity contribution is -0.120. The number of rotatable bonds is 3. The number of aliphatic imine (C=N–C) groups is 1. The van der Waals surface area contributed by atoms with E-state index in [0.717, 1.165) is 10.5 Å². The SMILES string of the molecule is CC1=NC=C(CCN2C(=O)c3ccc(C)cc3C2=O)C(=O)C1O. The number of nitrogens with zero attached hydrogens (tertiary/aromatic N) is 2. The fraction of sp³-hybridized carbons (Fsp3) is 0.294. The van der Waals surface area contributed by atoms with Crippen LogP contribution in [0.15, 0.2) is 35.0 Å². The molecule has 0 aromatic heterocycles. The molecule has 3 rings (SSSR count). The van der Waals surface area contributed by atoms with Gasteiger partial charge in [-0.25, -0.2) is 0 Å². The predicted molar refractivity (Wildman–Crippen MR) is 83.4 cm³/mol. The van der Waals surface area contributed by atoms with Gasteiger partial charge in [-0.2, -0.15) is 0 Å². The summed E-state index contributed by atoms with van der Waals surface area (Å²) in [7, 11) is 0. The van der Waals surface area contributed by atoms with Crippen LogP contribution in [0.4, 0.5) is 0 Å². The highest BCUT2D eigenvalue weighted by Crippen LogP contribution is 2.25. The van der Waals surface area contributed by atoms with E-state index in [-0.39, 0.29) is 24.8 Å². The third-order valence-electron chi connectivity index (χ3n) is 4.12. The molecule has 0 fully saturated rings. The minimum Gasteiger partial charge on any atom is -0.379 e. The summed E-state index contributed by atoms with van der Waals surface area (Å²) >= 11 is 0. The van der Waals surface area contributed by atoms with Gasteiger partial charge in [0.1, 0.15) is 0 Å². The number of hydrogen-bond donors (Lipinski definition) is 1. The molecule has 0 saturated heterocycles. The Morgan fingerprint density at radius 3 is 2.57 bits per heavy atom. The molecule has 0 radical (unpaired) electrons. The van der Waals surface area contributed by atoms with Crippen molar-refractivity contribution in [2.24, 2.45) is 4.99 Å². The first-order valence-corrected chi connectivity index (χ1v) is 7.32. The van der Waals surface area contributed by atoms with Crippen LogP contribution in [0.25, 0.3) is 0 Å². The third-order valence-corrected chi connectivity index (χ3v) is 4.12. The molecular formula is C17H16N2O4. The number of carbonyl (C=O) groups is 3. The molecule has 2 aliphatic rings. The standard InChI is InChI=1S/C17H16N2O4/c1-9-3-4-12-13(7-9)17(23)19(16(12)22)6-5-11-8-18-10(2)14(20)15(11)21/h3-4,7-8,14,20H,5-6H2,1-2H3. The van der Waals surface area contributed by atoms with Crippen molar-refractivity contribution in [2.45, 2.75) is 26.4 Å². The maximum atomic E-state index is 12.4. The second-order valence-corrected chi connectivity index (χ2v) is 5.75. The van der Waals surface area contributed by atoms with Crippen molar-refractivity contribution in [1.29, 1.82) is 0 Å². The first-order valence-electron chi connectivity index (χ1n) is 7.32. The maximum Gasteiger partial charge on any atom is 0.261 e. The topological polar surface area (TPSA) is 87.0 Å². The van der Waals surface area contributed by atoms with E-state index < -0.39 is 11.9 Å². The largest absolute Gasteiger partial charge is 0.379 e. The molecule has 1 unspecified atom stereocenters. The highest BCUT2D eigenvalue weighted by atomic mass is 16.3. The first kappa shape index (κ1) is 15.3.